The second kappa shape index (κ2) is 7.18. The summed E-state index contributed by atoms with van der Waals surface area (Å²) in [6.07, 6.45) is 2.09. The third-order valence-electron chi connectivity index (χ3n) is 3.34. The fourth-order valence-corrected chi connectivity index (χ4v) is 2.62. The number of amides is 1. The zero-order valence-electron chi connectivity index (χ0n) is 13.2. The molecule has 1 aromatic heterocycles. The molecular formula is C15H27N3OS. The monoisotopic (exact) mass is 297 g/mol. The summed E-state index contributed by atoms with van der Waals surface area (Å²) >= 11 is 1.43. The fraction of sp³-hybridized carbons (Fsp3) is 0.733. The van der Waals surface area contributed by atoms with Crippen molar-refractivity contribution < 1.29 is 4.79 Å². The first-order valence-corrected chi connectivity index (χ1v) is 8.07. The van der Waals surface area contributed by atoms with Crippen LogP contribution in [0.15, 0.2) is 5.38 Å². The van der Waals surface area contributed by atoms with Gasteiger partial charge in [-0.05, 0) is 24.2 Å². The predicted octanol–water partition coefficient (Wildman–Crippen LogP) is 3.18. The van der Waals surface area contributed by atoms with E-state index in [0.29, 0.717) is 18.2 Å². The molecule has 0 fully saturated rings. The summed E-state index contributed by atoms with van der Waals surface area (Å²) in [7, 11) is 0. The van der Waals surface area contributed by atoms with Gasteiger partial charge in [0.15, 0.2) is 0 Å². The Balaban J connectivity index is 2.71. The van der Waals surface area contributed by atoms with E-state index in [9.17, 15) is 4.79 Å². The van der Waals surface area contributed by atoms with Crippen molar-refractivity contribution in [3.05, 3.63) is 16.1 Å². The number of hydrogen-bond acceptors (Lipinski definition) is 4. The number of thiazole rings is 1. The van der Waals surface area contributed by atoms with Crippen LogP contribution in [0.4, 0.5) is 0 Å². The summed E-state index contributed by atoms with van der Waals surface area (Å²) < 4.78 is 0. The van der Waals surface area contributed by atoms with Gasteiger partial charge < -0.3 is 11.1 Å². The van der Waals surface area contributed by atoms with Crippen molar-refractivity contribution in [2.75, 3.05) is 0 Å². The molecule has 1 atom stereocenters. The molecule has 1 rings (SSSR count). The van der Waals surface area contributed by atoms with Crippen molar-refractivity contribution in [1.82, 2.24) is 10.3 Å². The van der Waals surface area contributed by atoms with Gasteiger partial charge in [-0.1, -0.05) is 34.6 Å². The number of rotatable bonds is 6. The average molecular weight is 297 g/mol. The highest BCUT2D eigenvalue weighted by Crippen LogP contribution is 2.25. The van der Waals surface area contributed by atoms with Crippen LogP contribution in [-0.4, -0.2) is 16.9 Å². The van der Waals surface area contributed by atoms with Crippen molar-refractivity contribution in [2.24, 2.45) is 17.1 Å². The number of nitrogens with one attached hydrogen (secondary N) is 1. The van der Waals surface area contributed by atoms with Crippen LogP contribution in [0.25, 0.3) is 0 Å². The maximum Gasteiger partial charge on any atom is 0.270 e. The Bertz CT molecular complexity index is 435. The number of carbonyl (C=O) groups is 1. The number of carbonyl (C=O) groups excluding carboxylic acids is 1. The molecule has 114 valence electrons. The quantitative estimate of drug-likeness (QED) is 0.847. The van der Waals surface area contributed by atoms with Gasteiger partial charge in [-0.25, -0.2) is 4.98 Å². The molecule has 0 radical (unpaired) electrons. The van der Waals surface area contributed by atoms with Crippen LogP contribution in [0, 0.1) is 11.3 Å². The van der Waals surface area contributed by atoms with Crippen molar-refractivity contribution >= 4 is 17.2 Å². The lowest BCUT2D eigenvalue weighted by atomic mass is 9.83. The third-order valence-corrected chi connectivity index (χ3v) is 4.21. The highest BCUT2D eigenvalue weighted by Gasteiger charge is 2.27. The molecule has 0 aliphatic carbocycles. The summed E-state index contributed by atoms with van der Waals surface area (Å²) in [5.41, 5.74) is 6.05. The number of aromatic nitrogens is 1. The van der Waals surface area contributed by atoms with E-state index in [2.05, 4.69) is 44.9 Å². The highest BCUT2D eigenvalue weighted by atomic mass is 32.1. The maximum atomic E-state index is 12.3. The minimum Gasteiger partial charge on any atom is -0.347 e. The topological polar surface area (TPSA) is 68.0 Å². The fourth-order valence-electron chi connectivity index (χ4n) is 1.96. The smallest absolute Gasteiger partial charge is 0.270 e. The van der Waals surface area contributed by atoms with Gasteiger partial charge in [-0.2, -0.15) is 0 Å². The normalized spacial score (nSPS) is 13.6. The van der Waals surface area contributed by atoms with Gasteiger partial charge in [0.25, 0.3) is 5.91 Å². The van der Waals surface area contributed by atoms with Gasteiger partial charge in [0, 0.05) is 18.0 Å². The largest absolute Gasteiger partial charge is 0.347 e. The first kappa shape index (κ1) is 17.1. The zero-order valence-corrected chi connectivity index (χ0v) is 14.0. The molecule has 0 spiro atoms. The van der Waals surface area contributed by atoms with Gasteiger partial charge in [-0.15, -0.1) is 11.3 Å². The molecule has 0 bridgehead atoms. The summed E-state index contributed by atoms with van der Waals surface area (Å²) in [6.45, 7) is 11.3. The highest BCUT2D eigenvalue weighted by molar-refractivity contribution is 7.09. The average Bonchev–Trinajstić information content (AvgIpc) is 2.81. The lowest BCUT2D eigenvalue weighted by molar-refractivity contribution is 0.0889. The molecule has 0 aliphatic heterocycles. The second-order valence-electron chi connectivity index (χ2n) is 6.69. The lowest BCUT2D eigenvalue weighted by Crippen LogP contribution is -2.44. The van der Waals surface area contributed by atoms with E-state index in [-0.39, 0.29) is 17.4 Å². The number of hydrogen-bond donors (Lipinski definition) is 2. The molecule has 1 heterocycles. The van der Waals surface area contributed by atoms with Crippen LogP contribution >= 0.6 is 11.3 Å². The van der Waals surface area contributed by atoms with E-state index in [1.165, 1.54) is 11.3 Å². The van der Waals surface area contributed by atoms with Crippen molar-refractivity contribution in [1.29, 1.82) is 0 Å². The predicted molar refractivity (Wildman–Crippen MR) is 84.8 cm³/mol. The first-order valence-electron chi connectivity index (χ1n) is 7.19. The molecule has 5 heteroatoms. The number of nitrogens with zero attached hydrogens (tertiary/aromatic N) is 1. The lowest BCUT2D eigenvalue weighted by Gasteiger charge is -2.32. The summed E-state index contributed by atoms with van der Waals surface area (Å²) in [5, 5.41) is 5.70. The van der Waals surface area contributed by atoms with E-state index in [1.54, 1.807) is 5.38 Å². The van der Waals surface area contributed by atoms with Crippen molar-refractivity contribution in [3.63, 3.8) is 0 Å². The molecule has 1 amide bonds. The minimum absolute atomic E-state index is 0.0390. The Morgan fingerprint density at radius 1 is 1.40 bits per heavy atom. The SMILES string of the molecule is CC(C)CCC(NC(=O)c1csc(CN)n1)C(C)(C)C. The van der Waals surface area contributed by atoms with Crippen LogP contribution in [0.2, 0.25) is 0 Å². The van der Waals surface area contributed by atoms with Gasteiger partial charge in [0.05, 0.1) is 0 Å². The summed E-state index contributed by atoms with van der Waals surface area (Å²) in [6, 6.07) is 0.153. The Morgan fingerprint density at radius 3 is 2.50 bits per heavy atom. The molecule has 20 heavy (non-hydrogen) atoms. The molecule has 4 nitrogen and oxygen atoms in total. The second-order valence-corrected chi connectivity index (χ2v) is 7.64. The molecule has 0 aromatic carbocycles. The van der Waals surface area contributed by atoms with E-state index in [4.69, 9.17) is 5.73 Å². The standard InChI is InChI=1S/C15H27N3OS/c1-10(2)6-7-12(15(3,4)5)18-14(19)11-9-20-13(8-16)17-11/h9-10,12H,6-8,16H2,1-5H3,(H,18,19). The van der Waals surface area contributed by atoms with Crippen molar-refractivity contribution in [3.8, 4) is 0 Å². The van der Waals surface area contributed by atoms with E-state index in [1.807, 2.05) is 0 Å². The Labute approximate surface area is 126 Å². The number of nitrogens with two attached hydrogens (primary N) is 1. The molecular weight excluding hydrogens is 270 g/mol. The van der Waals surface area contributed by atoms with Crippen LogP contribution in [-0.2, 0) is 6.54 Å². The summed E-state index contributed by atoms with van der Waals surface area (Å²) in [5.74, 6) is 0.546. The molecule has 1 unspecified atom stereocenters. The van der Waals surface area contributed by atoms with Gasteiger partial charge >= 0.3 is 0 Å². The van der Waals surface area contributed by atoms with Crippen LogP contribution in [0.3, 0.4) is 0 Å². The molecule has 1 aromatic rings. The molecule has 3 N–H and O–H groups in total. The minimum atomic E-state index is -0.0929. The molecule has 0 aliphatic rings. The van der Waals surface area contributed by atoms with Gasteiger partial charge in [-0.3, -0.25) is 4.79 Å². The van der Waals surface area contributed by atoms with Crippen LogP contribution < -0.4 is 11.1 Å². The van der Waals surface area contributed by atoms with Crippen LogP contribution in [0.1, 0.15) is 63.0 Å². The molecule has 0 saturated carbocycles. The Morgan fingerprint density at radius 2 is 2.05 bits per heavy atom. The van der Waals surface area contributed by atoms with Gasteiger partial charge in [0.2, 0.25) is 0 Å². The van der Waals surface area contributed by atoms with E-state index < -0.39 is 0 Å². The van der Waals surface area contributed by atoms with E-state index in [0.717, 1.165) is 17.8 Å². The first-order chi connectivity index (χ1) is 9.24. The van der Waals surface area contributed by atoms with Gasteiger partial charge in [0.1, 0.15) is 10.7 Å². The zero-order chi connectivity index (χ0) is 15.3. The Kier molecular flexibility index (Phi) is 6.14. The Hall–Kier alpha value is -0.940. The van der Waals surface area contributed by atoms with E-state index >= 15 is 0 Å². The van der Waals surface area contributed by atoms with Crippen molar-refractivity contribution in [2.45, 2.75) is 60.0 Å². The third kappa shape index (κ3) is 5.21. The maximum absolute atomic E-state index is 12.3. The molecule has 0 saturated heterocycles. The summed E-state index contributed by atoms with van der Waals surface area (Å²) in [4.78, 5) is 16.5. The van der Waals surface area contributed by atoms with Crippen LogP contribution in [0.5, 0.6) is 0 Å².